The van der Waals surface area contributed by atoms with Crippen molar-refractivity contribution in [1.82, 2.24) is 15.3 Å². The first kappa shape index (κ1) is 11.0. The van der Waals surface area contributed by atoms with Crippen LogP contribution in [0.3, 0.4) is 0 Å². The highest BCUT2D eigenvalue weighted by Crippen LogP contribution is 2.21. The first-order valence-corrected chi connectivity index (χ1v) is 5.17. The molecule has 86 valence electrons. The molecule has 3 nitrogen and oxygen atoms in total. The van der Waals surface area contributed by atoms with E-state index in [0.29, 0.717) is 11.3 Å². The molecule has 2 N–H and O–H groups in total. The maximum atomic E-state index is 13.4. The van der Waals surface area contributed by atoms with Gasteiger partial charge in [0, 0.05) is 6.07 Å². The van der Waals surface area contributed by atoms with Crippen LogP contribution in [0.1, 0.15) is 25.2 Å². The van der Waals surface area contributed by atoms with E-state index in [1.54, 1.807) is 7.05 Å². The zero-order valence-corrected chi connectivity index (χ0v) is 9.14. The third-order valence-corrected chi connectivity index (χ3v) is 2.61. The van der Waals surface area contributed by atoms with Crippen LogP contribution in [0, 0.1) is 11.6 Å². The van der Waals surface area contributed by atoms with Crippen molar-refractivity contribution >= 4 is 11.0 Å². The lowest BCUT2D eigenvalue weighted by Gasteiger charge is -2.09. The van der Waals surface area contributed by atoms with Crippen LogP contribution >= 0.6 is 0 Å². The average molecular weight is 225 g/mol. The van der Waals surface area contributed by atoms with Gasteiger partial charge >= 0.3 is 0 Å². The third kappa shape index (κ3) is 1.78. The maximum Gasteiger partial charge on any atom is 0.153 e. The van der Waals surface area contributed by atoms with E-state index in [1.165, 1.54) is 6.07 Å². The van der Waals surface area contributed by atoms with Crippen LogP contribution in [-0.4, -0.2) is 17.0 Å². The van der Waals surface area contributed by atoms with Crippen LogP contribution in [0.15, 0.2) is 12.1 Å². The zero-order valence-electron chi connectivity index (χ0n) is 9.14. The number of nitrogens with zero attached hydrogens (tertiary/aromatic N) is 1. The number of aromatic nitrogens is 2. The van der Waals surface area contributed by atoms with Crippen LogP contribution in [0.2, 0.25) is 0 Å². The third-order valence-electron chi connectivity index (χ3n) is 2.61. The number of imidazole rings is 1. The predicted octanol–water partition coefficient (Wildman–Crippen LogP) is 2.51. The fraction of sp³-hybridized carbons (Fsp3) is 0.364. The van der Waals surface area contributed by atoms with E-state index in [9.17, 15) is 8.78 Å². The second-order valence-corrected chi connectivity index (χ2v) is 3.66. The fourth-order valence-electron chi connectivity index (χ4n) is 1.76. The molecule has 0 saturated heterocycles. The zero-order chi connectivity index (χ0) is 11.7. The summed E-state index contributed by atoms with van der Waals surface area (Å²) < 4.78 is 26.4. The highest BCUT2D eigenvalue weighted by Gasteiger charge is 2.14. The Morgan fingerprint density at radius 3 is 2.81 bits per heavy atom. The molecule has 16 heavy (non-hydrogen) atoms. The Morgan fingerprint density at radius 2 is 2.19 bits per heavy atom. The minimum absolute atomic E-state index is 0.0230. The highest BCUT2D eigenvalue weighted by atomic mass is 19.1. The summed E-state index contributed by atoms with van der Waals surface area (Å²) in [5.74, 6) is -0.606. The van der Waals surface area contributed by atoms with Crippen molar-refractivity contribution in [3.63, 3.8) is 0 Å². The maximum absolute atomic E-state index is 13.4. The Hall–Kier alpha value is -1.49. The van der Waals surface area contributed by atoms with Crippen molar-refractivity contribution in [2.24, 2.45) is 0 Å². The van der Waals surface area contributed by atoms with Crippen molar-refractivity contribution in [1.29, 1.82) is 0 Å². The smallest absolute Gasteiger partial charge is 0.153 e. The van der Waals surface area contributed by atoms with Gasteiger partial charge in [-0.2, -0.15) is 0 Å². The number of H-pyrrole nitrogens is 1. The molecule has 0 amide bonds. The SMILES string of the molecule is CCC(NC)c1nc2c(F)cc(F)cc2[nH]1. The molecule has 0 bridgehead atoms. The van der Waals surface area contributed by atoms with Crippen molar-refractivity contribution in [2.45, 2.75) is 19.4 Å². The minimum atomic E-state index is -0.636. The number of halogens is 2. The van der Waals surface area contributed by atoms with E-state index in [2.05, 4.69) is 15.3 Å². The summed E-state index contributed by atoms with van der Waals surface area (Å²) in [6.45, 7) is 1.99. The summed E-state index contributed by atoms with van der Waals surface area (Å²) >= 11 is 0. The van der Waals surface area contributed by atoms with E-state index in [0.717, 1.165) is 12.5 Å². The molecule has 0 radical (unpaired) electrons. The molecule has 0 aliphatic heterocycles. The normalized spacial score (nSPS) is 13.2. The first-order valence-electron chi connectivity index (χ1n) is 5.17. The van der Waals surface area contributed by atoms with Crippen LogP contribution in [-0.2, 0) is 0 Å². The average Bonchev–Trinajstić information content (AvgIpc) is 2.63. The van der Waals surface area contributed by atoms with E-state index >= 15 is 0 Å². The molecular weight excluding hydrogens is 212 g/mol. The van der Waals surface area contributed by atoms with Gasteiger partial charge in [0.15, 0.2) is 5.82 Å². The molecule has 0 fully saturated rings. The first-order chi connectivity index (χ1) is 7.65. The van der Waals surface area contributed by atoms with E-state index < -0.39 is 11.6 Å². The van der Waals surface area contributed by atoms with E-state index in [4.69, 9.17) is 0 Å². The van der Waals surface area contributed by atoms with Gasteiger partial charge in [-0.15, -0.1) is 0 Å². The monoisotopic (exact) mass is 225 g/mol. The van der Waals surface area contributed by atoms with Crippen LogP contribution in [0.4, 0.5) is 8.78 Å². The van der Waals surface area contributed by atoms with Crippen molar-refractivity contribution < 1.29 is 8.78 Å². The van der Waals surface area contributed by atoms with Gasteiger partial charge in [0.05, 0.1) is 11.6 Å². The minimum Gasteiger partial charge on any atom is -0.340 e. The lowest BCUT2D eigenvalue weighted by molar-refractivity contribution is 0.550. The van der Waals surface area contributed by atoms with Crippen LogP contribution in [0.5, 0.6) is 0 Å². The van der Waals surface area contributed by atoms with Crippen molar-refractivity contribution in [3.05, 3.63) is 29.6 Å². The Balaban J connectivity index is 2.55. The molecule has 1 heterocycles. The number of hydrogen-bond acceptors (Lipinski definition) is 2. The molecule has 0 aliphatic carbocycles. The number of aromatic amines is 1. The highest BCUT2D eigenvalue weighted by molar-refractivity contribution is 5.75. The largest absolute Gasteiger partial charge is 0.340 e. The molecule has 2 rings (SSSR count). The number of rotatable bonds is 3. The Morgan fingerprint density at radius 1 is 1.44 bits per heavy atom. The number of fused-ring (bicyclic) bond motifs is 1. The predicted molar refractivity (Wildman–Crippen MR) is 58.1 cm³/mol. The van der Waals surface area contributed by atoms with Gasteiger partial charge in [-0.25, -0.2) is 13.8 Å². The molecule has 0 saturated carbocycles. The molecule has 5 heteroatoms. The topological polar surface area (TPSA) is 40.7 Å². The summed E-state index contributed by atoms with van der Waals surface area (Å²) in [5, 5.41) is 3.05. The van der Waals surface area contributed by atoms with Gasteiger partial charge in [0.25, 0.3) is 0 Å². The second-order valence-electron chi connectivity index (χ2n) is 3.66. The molecular formula is C11H13F2N3. The number of hydrogen-bond donors (Lipinski definition) is 2. The molecule has 1 atom stereocenters. The summed E-state index contributed by atoms with van der Waals surface area (Å²) in [6, 6.07) is 2.11. The Kier molecular flexibility index (Phi) is 2.87. The molecule has 0 spiro atoms. The molecule has 2 aromatic rings. The Bertz CT molecular complexity index is 503. The van der Waals surface area contributed by atoms with Crippen molar-refractivity contribution in [2.75, 3.05) is 7.05 Å². The lowest BCUT2D eigenvalue weighted by atomic mass is 10.2. The quantitative estimate of drug-likeness (QED) is 0.842. The fourth-order valence-corrected chi connectivity index (χ4v) is 1.76. The summed E-state index contributed by atoms with van der Waals surface area (Å²) in [4.78, 5) is 7.06. The van der Waals surface area contributed by atoms with Gasteiger partial charge in [-0.3, -0.25) is 0 Å². The summed E-state index contributed by atoms with van der Waals surface area (Å²) in [7, 11) is 1.80. The lowest BCUT2D eigenvalue weighted by Crippen LogP contribution is -2.16. The molecule has 1 aromatic carbocycles. The van der Waals surface area contributed by atoms with Gasteiger partial charge in [0.2, 0.25) is 0 Å². The standard InChI is InChI=1S/C11H13F2N3/c1-3-8(14-2)11-15-9-5-6(12)4-7(13)10(9)16-11/h4-5,8,14H,3H2,1-2H3,(H,15,16). The van der Waals surface area contributed by atoms with E-state index in [-0.39, 0.29) is 11.6 Å². The van der Waals surface area contributed by atoms with Crippen molar-refractivity contribution in [3.8, 4) is 0 Å². The van der Waals surface area contributed by atoms with E-state index in [1.807, 2.05) is 6.92 Å². The summed E-state index contributed by atoms with van der Waals surface area (Å²) in [6.07, 6.45) is 0.820. The Labute approximate surface area is 91.9 Å². The van der Waals surface area contributed by atoms with Gasteiger partial charge in [-0.1, -0.05) is 6.92 Å². The van der Waals surface area contributed by atoms with Gasteiger partial charge in [-0.05, 0) is 19.5 Å². The molecule has 0 aliphatic rings. The number of benzene rings is 1. The van der Waals surface area contributed by atoms with Gasteiger partial charge < -0.3 is 10.3 Å². The van der Waals surface area contributed by atoms with Crippen LogP contribution in [0.25, 0.3) is 11.0 Å². The molecule has 1 aromatic heterocycles. The molecule has 1 unspecified atom stereocenters. The number of nitrogens with one attached hydrogen (secondary N) is 2. The second kappa shape index (κ2) is 4.17. The van der Waals surface area contributed by atoms with Crippen LogP contribution < -0.4 is 5.32 Å². The summed E-state index contributed by atoms with van der Waals surface area (Å²) in [5.41, 5.74) is 0.575. The van der Waals surface area contributed by atoms with Gasteiger partial charge in [0.1, 0.15) is 17.2 Å².